The van der Waals surface area contributed by atoms with Crippen LogP contribution in [0, 0.1) is 25.0 Å². The Labute approximate surface area is 129 Å². The number of nitro groups is 1. The third-order valence-corrected chi connectivity index (χ3v) is 3.87. The van der Waals surface area contributed by atoms with Crippen molar-refractivity contribution < 1.29 is 14.5 Å². The fourth-order valence-corrected chi connectivity index (χ4v) is 2.89. The molecule has 1 aliphatic carbocycles. The summed E-state index contributed by atoms with van der Waals surface area (Å²) in [4.78, 5) is 21.9. The van der Waals surface area contributed by atoms with Crippen LogP contribution in [0.3, 0.4) is 0 Å². The number of nitro benzene ring substituents is 1. The highest BCUT2D eigenvalue weighted by molar-refractivity contribution is 14.1. The standard InChI is InChI=1S/C13H11IN2O4/c14-11-4-8(7-15)5-12(16(18)19)13(11)20-10-3-1-2-9(17)6-10/h4-5,10H,1-3,6H2. The van der Waals surface area contributed by atoms with Gasteiger partial charge in [-0.3, -0.25) is 14.9 Å². The maximum atomic E-state index is 11.4. The van der Waals surface area contributed by atoms with Crippen LogP contribution >= 0.6 is 22.6 Å². The third kappa shape index (κ3) is 3.25. The van der Waals surface area contributed by atoms with E-state index in [1.165, 1.54) is 12.1 Å². The molecule has 0 N–H and O–H groups in total. The molecule has 2 rings (SSSR count). The van der Waals surface area contributed by atoms with Crippen molar-refractivity contribution >= 4 is 34.1 Å². The van der Waals surface area contributed by atoms with Crippen molar-refractivity contribution in [3.05, 3.63) is 31.4 Å². The van der Waals surface area contributed by atoms with Gasteiger partial charge >= 0.3 is 5.69 Å². The first-order chi connectivity index (χ1) is 9.51. The number of carbonyl (C=O) groups is 1. The molecule has 0 amide bonds. The highest BCUT2D eigenvalue weighted by atomic mass is 127. The number of nitrogens with zero attached hydrogens (tertiary/aromatic N) is 2. The molecule has 0 saturated heterocycles. The van der Waals surface area contributed by atoms with Crippen molar-refractivity contribution in [2.45, 2.75) is 31.8 Å². The van der Waals surface area contributed by atoms with Gasteiger partial charge in [-0.1, -0.05) is 0 Å². The lowest BCUT2D eigenvalue weighted by molar-refractivity contribution is -0.386. The zero-order valence-corrected chi connectivity index (χ0v) is 12.6. The van der Waals surface area contributed by atoms with Crippen LogP contribution in [0.4, 0.5) is 5.69 Å². The number of Topliss-reactive ketones (excluding diaryl/α,β-unsaturated/α-hetero) is 1. The normalized spacial score (nSPS) is 18.4. The average Bonchev–Trinajstić information content (AvgIpc) is 2.40. The molecule has 6 nitrogen and oxygen atoms in total. The Kier molecular flexibility index (Phi) is 4.54. The van der Waals surface area contributed by atoms with Gasteiger partial charge in [0.1, 0.15) is 11.9 Å². The van der Waals surface area contributed by atoms with E-state index in [1.807, 2.05) is 28.7 Å². The van der Waals surface area contributed by atoms with Crippen LogP contribution in [0.5, 0.6) is 5.75 Å². The van der Waals surface area contributed by atoms with Gasteiger partial charge in [-0.25, -0.2) is 0 Å². The summed E-state index contributed by atoms with van der Waals surface area (Å²) >= 11 is 1.90. The van der Waals surface area contributed by atoms with Crippen molar-refractivity contribution in [1.82, 2.24) is 0 Å². The zero-order valence-electron chi connectivity index (χ0n) is 10.5. The number of nitriles is 1. The van der Waals surface area contributed by atoms with Gasteiger partial charge in [-0.05, 0) is 41.5 Å². The predicted octanol–water partition coefficient (Wildman–Crippen LogP) is 2.96. The summed E-state index contributed by atoms with van der Waals surface area (Å²) in [6, 6.07) is 4.61. The van der Waals surface area contributed by atoms with E-state index in [9.17, 15) is 14.9 Å². The number of ketones is 1. The SMILES string of the molecule is N#Cc1cc(I)c(OC2CCCC(=O)C2)c([N+](=O)[O-])c1. The fourth-order valence-electron chi connectivity index (χ4n) is 2.15. The monoisotopic (exact) mass is 386 g/mol. The maximum Gasteiger partial charge on any atom is 0.313 e. The molecular weight excluding hydrogens is 375 g/mol. The first-order valence-corrected chi connectivity index (χ1v) is 7.15. The van der Waals surface area contributed by atoms with Gasteiger partial charge in [0.25, 0.3) is 0 Å². The Bertz CT molecular complexity index is 609. The lowest BCUT2D eigenvalue weighted by atomic mass is 9.96. The van der Waals surface area contributed by atoms with Crippen LogP contribution in [0.2, 0.25) is 0 Å². The zero-order chi connectivity index (χ0) is 14.7. The molecule has 1 atom stereocenters. The van der Waals surface area contributed by atoms with E-state index >= 15 is 0 Å². The van der Waals surface area contributed by atoms with E-state index in [0.717, 1.165) is 6.42 Å². The van der Waals surface area contributed by atoms with Crippen molar-refractivity contribution in [2.75, 3.05) is 0 Å². The van der Waals surface area contributed by atoms with Crippen molar-refractivity contribution in [3.8, 4) is 11.8 Å². The summed E-state index contributed by atoms with van der Waals surface area (Å²) in [5.41, 5.74) is -0.0142. The molecule has 1 aromatic rings. The summed E-state index contributed by atoms with van der Waals surface area (Å²) < 4.78 is 6.17. The number of hydrogen-bond donors (Lipinski definition) is 0. The summed E-state index contributed by atoms with van der Waals surface area (Å²) in [5, 5.41) is 19.9. The average molecular weight is 386 g/mol. The smallest absolute Gasteiger partial charge is 0.313 e. The van der Waals surface area contributed by atoms with E-state index in [4.69, 9.17) is 10.00 Å². The number of carbonyl (C=O) groups excluding carboxylic acids is 1. The molecule has 0 heterocycles. The number of halogens is 1. The Hall–Kier alpha value is -1.69. The van der Waals surface area contributed by atoms with Gasteiger partial charge in [0.15, 0.2) is 0 Å². The summed E-state index contributed by atoms with van der Waals surface area (Å²) in [6.45, 7) is 0. The number of rotatable bonds is 3. The summed E-state index contributed by atoms with van der Waals surface area (Å²) in [5.74, 6) is 0.266. The molecule has 0 aliphatic heterocycles. The number of benzene rings is 1. The van der Waals surface area contributed by atoms with Crippen molar-refractivity contribution in [2.24, 2.45) is 0 Å². The first kappa shape index (κ1) is 14.7. The van der Waals surface area contributed by atoms with Crippen LogP contribution in [0.1, 0.15) is 31.2 Å². The largest absolute Gasteiger partial charge is 0.482 e. The molecule has 0 radical (unpaired) electrons. The van der Waals surface area contributed by atoms with Crippen molar-refractivity contribution in [3.63, 3.8) is 0 Å². The minimum atomic E-state index is -0.566. The molecule has 20 heavy (non-hydrogen) atoms. The Balaban J connectivity index is 2.33. The molecule has 0 spiro atoms. The van der Waals surface area contributed by atoms with Crippen LogP contribution < -0.4 is 4.74 Å². The van der Waals surface area contributed by atoms with Gasteiger partial charge in [0, 0.05) is 18.9 Å². The van der Waals surface area contributed by atoms with E-state index in [0.29, 0.717) is 16.4 Å². The summed E-state index contributed by atoms with van der Waals surface area (Å²) in [7, 11) is 0. The van der Waals surface area contributed by atoms with E-state index in [-0.39, 0.29) is 35.3 Å². The molecule has 7 heteroatoms. The Morgan fingerprint density at radius 2 is 2.25 bits per heavy atom. The molecule has 1 saturated carbocycles. The molecule has 0 bridgehead atoms. The molecule has 0 aromatic heterocycles. The minimum Gasteiger partial charge on any atom is -0.482 e. The summed E-state index contributed by atoms with van der Waals surface area (Å²) in [6.07, 6.45) is 1.96. The number of hydrogen-bond acceptors (Lipinski definition) is 5. The predicted molar refractivity (Wildman–Crippen MR) is 78.4 cm³/mol. The molecular formula is C13H11IN2O4. The molecule has 1 aliphatic rings. The second-order valence-corrected chi connectivity index (χ2v) is 5.71. The van der Waals surface area contributed by atoms with Crippen LogP contribution in [-0.4, -0.2) is 16.8 Å². The topological polar surface area (TPSA) is 93.2 Å². The molecule has 1 fully saturated rings. The van der Waals surface area contributed by atoms with E-state index < -0.39 is 4.92 Å². The van der Waals surface area contributed by atoms with Crippen molar-refractivity contribution in [1.29, 1.82) is 5.26 Å². The molecule has 1 unspecified atom stereocenters. The van der Waals surface area contributed by atoms with E-state index in [1.54, 1.807) is 0 Å². The lowest BCUT2D eigenvalue weighted by Crippen LogP contribution is -2.25. The highest BCUT2D eigenvalue weighted by Crippen LogP contribution is 2.35. The van der Waals surface area contributed by atoms with Crippen LogP contribution in [0.15, 0.2) is 12.1 Å². The van der Waals surface area contributed by atoms with Gasteiger partial charge in [0.2, 0.25) is 5.75 Å². The van der Waals surface area contributed by atoms with E-state index in [2.05, 4.69) is 0 Å². The highest BCUT2D eigenvalue weighted by Gasteiger charge is 2.26. The second kappa shape index (κ2) is 6.17. The van der Waals surface area contributed by atoms with Crippen LogP contribution in [-0.2, 0) is 4.79 Å². The van der Waals surface area contributed by atoms with Gasteiger partial charge in [-0.15, -0.1) is 0 Å². The van der Waals surface area contributed by atoms with Gasteiger partial charge in [0.05, 0.1) is 20.1 Å². The molecule has 104 valence electrons. The van der Waals surface area contributed by atoms with Crippen LogP contribution in [0.25, 0.3) is 0 Å². The number of ether oxygens (including phenoxy) is 1. The van der Waals surface area contributed by atoms with Gasteiger partial charge < -0.3 is 4.74 Å². The van der Waals surface area contributed by atoms with Gasteiger partial charge in [-0.2, -0.15) is 5.26 Å². The Morgan fingerprint density at radius 1 is 1.50 bits per heavy atom. The second-order valence-electron chi connectivity index (χ2n) is 4.55. The third-order valence-electron chi connectivity index (χ3n) is 3.07. The lowest BCUT2D eigenvalue weighted by Gasteiger charge is -2.22. The minimum absolute atomic E-state index is 0.118. The fraction of sp³-hybridized carbons (Fsp3) is 0.385. The Morgan fingerprint density at radius 3 is 2.85 bits per heavy atom. The quantitative estimate of drug-likeness (QED) is 0.452. The maximum absolute atomic E-state index is 11.4. The molecule has 1 aromatic carbocycles. The first-order valence-electron chi connectivity index (χ1n) is 6.07.